The molecule has 0 atom stereocenters. The largest absolute Gasteiger partial charge is 0.310 e. The van der Waals surface area contributed by atoms with Crippen molar-refractivity contribution in [1.82, 2.24) is 14.9 Å². The number of hydrogen-bond acceptors (Lipinski definition) is 2. The standard InChI is InChI=1S/C14H18BrN3/c1-10-5-6-11(15)7-12(10)18-9-17-8-13(18)14(2,3)16-4/h5-9,16H,1-4H3. The Hall–Kier alpha value is -1.13. The van der Waals surface area contributed by atoms with E-state index in [-0.39, 0.29) is 5.54 Å². The quantitative estimate of drug-likeness (QED) is 0.942. The lowest BCUT2D eigenvalue weighted by Crippen LogP contribution is -2.35. The van der Waals surface area contributed by atoms with Gasteiger partial charge in [-0.2, -0.15) is 0 Å². The van der Waals surface area contributed by atoms with Crippen molar-refractivity contribution in [2.24, 2.45) is 0 Å². The molecule has 1 N–H and O–H groups in total. The van der Waals surface area contributed by atoms with E-state index in [9.17, 15) is 0 Å². The maximum absolute atomic E-state index is 4.29. The van der Waals surface area contributed by atoms with E-state index in [0.29, 0.717) is 0 Å². The molecule has 0 unspecified atom stereocenters. The van der Waals surface area contributed by atoms with Crippen LogP contribution in [0.25, 0.3) is 5.69 Å². The molecule has 0 bridgehead atoms. The maximum atomic E-state index is 4.29. The van der Waals surface area contributed by atoms with Crippen molar-refractivity contribution in [3.05, 3.63) is 46.5 Å². The fourth-order valence-corrected chi connectivity index (χ4v) is 2.27. The van der Waals surface area contributed by atoms with Crippen LogP contribution in [0.15, 0.2) is 35.2 Å². The topological polar surface area (TPSA) is 29.9 Å². The molecule has 1 heterocycles. The normalized spacial score (nSPS) is 11.8. The van der Waals surface area contributed by atoms with E-state index in [4.69, 9.17) is 0 Å². The molecule has 96 valence electrons. The van der Waals surface area contributed by atoms with E-state index in [1.165, 1.54) is 5.56 Å². The van der Waals surface area contributed by atoms with Gasteiger partial charge < -0.3 is 9.88 Å². The first-order chi connectivity index (χ1) is 8.45. The minimum Gasteiger partial charge on any atom is -0.310 e. The van der Waals surface area contributed by atoms with Crippen LogP contribution in [-0.2, 0) is 5.54 Å². The third-order valence-electron chi connectivity index (χ3n) is 3.33. The van der Waals surface area contributed by atoms with Crippen LogP contribution in [0.4, 0.5) is 0 Å². The zero-order valence-electron chi connectivity index (χ0n) is 11.2. The molecule has 0 aliphatic heterocycles. The average molecular weight is 308 g/mol. The summed E-state index contributed by atoms with van der Waals surface area (Å²) in [4.78, 5) is 4.29. The Morgan fingerprint density at radius 2 is 2.06 bits per heavy atom. The molecule has 0 spiro atoms. The summed E-state index contributed by atoms with van der Waals surface area (Å²) in [6, 6.07) is 6.28. The lowest BCUT2D eigenvalue weighted by atomic mass is 10.0. The predicted molar refractivity (Wildman–Crippen MR) is 78.1 cm³/mol. The van der Waals surface area contributed by atoms with Gasteiger partial charge in [-0.3, -0.25) is 0 Å². The van der Waals surface area contributed by atoms with Gasteiger partial charge in [0.2, 0.25) is 0 Å². The van der Waals surface area contributed by atoms with Crippen LogP contribution < -0.4 is 5.32 Å². The third kappa shape index (κ3) is 2.35. The Labute approximate surface area is 116 Å². The summed E-state index contributed by atoms with van der Waals surface area (Å²) in [7, 11) is 1.96. The van der Waals surface area contributed by atoms with Gasteiger partial charge in [0.1, 0.15) is 0 Å². The molecule has 18 heavy (non-hydrogen) atoms. The Balaban J connectivity index is 2.59. The Morgan fingerprint density at radius 3 is 2.72 bits per heavy atom. The van der Waals surface area contributed by atoms with Crippen LogP contribution in [-0.4, -0.2) is 16.6 Å². The van der Waals surface area contributed by atoms with E-state index >= 15 is 0 Å². The van der Waals surface area contributed by atoms with Gasteiger partial charge >= 0.3 is 0 Å². The molecule has 4 heteroatoms. The summed E-state index contributed by atoms with van der Waals surface area (Å²) in [5, 5.41) is 3.32. The summed E-state index contributed by atoms with van der Waals surface area (Å²) in [5.74, 6) is 0. The highest BCUT2D eigenvalue weighted by atomic mass is 79.9. The zero-order chi connectivity index (χ0) is 13.3. The van der Waals surface area contributed by atoms with Gasteiger partial charge in [0.05, 0.1) is 29.4 Å². The van der Waals surface area contributed by atoms with Gasteiger partial charge in [-0.1, -0.05) is 22.0 Å². The van der Waals surface area contributed by atoms with Crippen molar-refractivity contribution in [3.8, 4) is 5.69 Å². The molecule has 0 aliphatic carbocycles. The Bertz CT molecular complexity index is 558. The molecule has 0 radical (unpaired) electrons. The molecule has 2 rings (SSSR count). The fraction of sp³-hybridized carbons (Fsp3) is 0.357. The fourth-order valence-electron chi connectivity index (χ4n) is 1.92. The summed E-state index contributed by atoms with van der Waals surface area (Å²) in [6.07, 6.45) is 3.78. The molecular weight excluding hydrogens is 290 g/mol. The number of rotatable bonds is 3. The van der Waals surface area contributed by atoms with Gasteiger partial charge in [-0.15, -0.1) is 0 Å². The highest BCUT2D eigenvalue weighted by Gasteiger charge is 2.23. The van der Waals surface area contributed by atoms with Crippen LogP contribution in [0, 0.1) is 6.92 Å². The van der Waals surface area contributed by atoms with Gasteiger partial charge in [0, 0.05) is 4.47 Å². The van der Waals surface area contributed by atoms with E-state index in [0.717, 1.165) is 15.9 Å². The highest BCUT2D eigenvalue weighted by molar-refractivity contribution is 9.10. The highest BCUT2D eigenvalue weighted by Crippen LogP contribution is 2.26. The summed E-state index contributed by atoms with van der Waals surface area (Å²) >= 11 is 3.52. The van der Waals surface area contributed by atoms with Crippen molar-refractivity contribution in [2.45, 2.75) is 26.3 Å². The number of benzene rings is 1. The SMILES string of the molecule is CNC(C)(C)c1cncn1-c1cc(Br)ccc1C. The van der Waals surface area contributed by atoms with Gasteiger partial charge in [0.25, 0.3) is 0 Å². The minimum atomic E-state index is -0.120. The van der Waals surface area contributed by atoms with E-state index in [1.807, 2.05) is 19.6 Å². The number of imidazole rings is 1. The second kappa shape index (κ2) is 4.86. The van der Waals surface area contributed by atoms with Crippen LogP contribution in [0.1, 0.15) is 25.1 Å². The first-order valence-corrected chi connectivity index (χ1v) is 6.73. The van der Waals surface area contributed by atoms with Gasteiger partial charge in [-0.25, -0.2) is 4.98 Å². The number of aryl methyl sites for hydroxylation is 1. The zero-order valence-corrected chi connectivity index (χ0v) is 12.7. The summed E-state index contributed by atoms with van der Waals surface area (Å²) < 4.78 is 3.21. The van der Waals surface area contributed by atoms with E-state index in [1.54, 1.807) is 0 Å². The lowest BCUT2D eigenvalue weighted by molar-refractivity contribution is 0.424. The van der Waals surface area contributed by atoms with Gasteiger partial charge in [-0.05, 0) is 45.5 Å². The first-order valence-electron chi connectivity index (χ1n) is 5.94. The summed E-state index contributed by atoms with van der Waals surface area (Å²) in [6.45, 7) is 6.40. The predicted octanol–water partition coefficient (Wildman–Crippen LogP) is 3.40. The van der Waals surface area contributed by atoms with Crippen LogP contribution >= 0.6 is 15.9 Å². The van der Waals surface area contributed by atoms with Crippen LogP contribution in [0.2, 0.25) is 0 Å². The second-order valence-corrected chi connectivity index (χ2v) is 5.87. The molecule has 3 nitrogen and oxygen atoms in total. The number of nitrogens with zero attached hydrogens (tertiary/aromatic N) is 2. The molecule has 2 aromatic rings. The van der Waals surface area contributed by atoms with Crippen molar-refractivity contribution in [3.63, 3.8) is 0 Å². The van der Waals surface area contributed by atoms with Crippen molar-refractivity contribution >= 4 is 15.9 Å². The van der Waals surface area contributed by atoms with Crippen molar-refractivity contribution in [2.75, 3.05) is 7.05 Å². The lowest BCUT2D eigenvalue weighted by Gasteiger charge is -2.26. The van der Waals surface area contributed by atoms with Crippen molar-refractivity contribution < 1.29 is 0 Å². The molecule has 0 amide bonds. The molecular formula is C14H18BrN3. The molecule has 0 saturated carbocycles. The Kier molecular flexibility index (Phi) is 3.59. The minimum absolute atomic E-state index is 0.120. The van der Waals surface area contributed by atoms with Gasteiger partial charge in [0.15, 0.2) is 0 Å². The van der Waals surface area contributed by atoms with Crippen LogP contribution in [0.5, 0.6) is 0 Å². The maximum Gasteiger partial charge on any atom is 0.0994 e. The molecule has 1 aromatic carbocycles. The van der Waals surface area contributed by atoms with E-state index < -0.39 is 0 Å². The molecule has 0 saturated heterocycles. The Morgan fingerprint density at radius 1 is 1.33 bits per heavy atom. The van der Waals surface area contributed by atoms with E-state index in [2.05, 4.69) is 69.8 Å². The number of hydrogen-bond donors (Lipinski definition) is 1. The first kappa shape index (κ1) is 13.3. The third-order valence-corrected chi connectivity index (χ3v) is 3.83. The monoisotopic (exact) mass is 307 g/mol. The number of halogens is 1. The molecule has 0 fully saturated rings. The van der Waals surface area contributed by atoms with Crippen molar-refractivity contribution in [1.29, 1.82) is 0 Å². The smallest absolute Gasteiger partial charge is 0.0994 e. The van der Waals surface area contributed by atoms with Crippen LogP contribution in [0.3, 0.4) is 0 Å². The second-order valence-electron chi connectivity index (χ2n) is 4.95. The molecule has 1 aromatic heterocycles. The number of aromatic nitrogens is 2. The average Bonchev–Trinajstić information content (AvgIpc) is 2.82. The summed E-state index contributed by atoms with van der Waals surface area (Å²) in [5.41, 5.74) is 3.40. The molecule has 0 aliphatic rings. The number of nitrogens with one attached hydrogen (secondary N) is 1.